The monoisotopic (exact) mass is 413 g/mol. The van der Waals surface area contributed by atoms with E-state index < -0.39 is 0 Å². The molecule has 28 heavy (non-hydrogen) atoms. The SMILES string of the molecule is Cn1cc([C@@H]2CN(C(=O)CCc3c(Cl)cccc3Cl)Cc3ccccc32)cn1. The van der Waals surface area contributed by atoms with Gasteiger partial charge < -0.3 is 4.90 Å². The molecule has 3 aromatic rings. The van der Waals surface area contributed by atoms with Gasteiger partial charge in [-0.05, 0) is 40.8 Å². The van der Waals surface area contributed by atoms with E-state index in [2.05, 4.69) is 23.3 Å². The van der Waals surface area contributed by atoms with Crippen LogP contribution < -0.4 is 0 Å². The van der Waals surface area contributed by atoms with E-state index in [4.69, 9.17) is 23.2 Å². The van der Waals surface area contributed by atoms with Crippen molar-refractivity contribution < 1.29 is 4.79 Å². The van der Waals surface area contributed by atoms with Gasteiger partial charge in [0.1, 0.15) is 0 Å². The van der Waals surface area contributed by atoms with Crippen LogP contribution in [0, 0.1) is 0 Å². The smallest absolute Gasteiger partial charge is 0.223 e. The van der Waals surface area contributed by atoms with Gasteiger partial charge in [0.25, 0.3) is 0 Å². The quantitative estimate of drug-likeness (QED) is 0.613. The van der Waals surface area contributed by atoms with Gasteiger partial charge in [0.15, 0.2) is 0 Å². The number of carbonyl (C=O) groups excluding carboxylic acids is 1. The lowest BCUT2D eigenvalue weighted by molar-refractivity contribution is -0.132. The molecule has 144 valence electrons. The fourth-order valence-corrected chi connectivity index (χ4v) is 4.45. The Morgan fingerprint density at radius 1 is 1.14 bits per heavy atom. The topological polar surface area (TPSA) is 38.1 Å². The number of amides is 1. The highest BCUT2D eigenvalue weighted by Gasteiger charge is 2.29. The van der Waals surface area contributed by atoms with Crippen molar-refractivity contribution in [1.82, 2.24) is 14.7 Å². The number of hydrogen-bond donors (Lipinski definition) is 0. The van der Waals surface area contributed by atoms with Crippen molar-refractivity contribution in [2.24, 2.45) is 7.05 Å². The zero-order valence-corrected chi connectivity index (χ0v) is 17.1. The fourth-order valence-electron chi connectivity index (χ4n) is 3.86. The third-order valence-electron chi connectivity index (χ3n) is 5.33. The van der Waals surface area contributed by atoms with E-state index in [0.29, 0.717) is 36.0 Å². The average Bonchev–Trinajstić information content (AvgIpc) is 3.12. The molecule has 1 amide bonds. The van der Waals surface area contributed by atoms with E-state index in [1.165, 1.54) is 11.1 Å². The number of aryl methyl sites for hydroxylation is 1. The number of benzene rings is 2. The summed E-state index contributed by atoms with van der Waals surface area (Å²) in [6.07, 6.45) is 4.83. The van der Waals surface area contributed by atoms with Gasteiger partial charge in [-0.2, -0.15) is 5.10 Å². The van der Waals surface area contributed by atoms with Gasteiger partial charge >= 0.3 is 0 Å². The molecule has 0 spiro atoms. The first-order chi connectivity index (χ1) is 13.5. The summed E-state index contributed by atoms with van der Waals surface area (Å²) >= 11 is 12.5. The second-order valence-electron chi connectivity index (χ2n) is 7.17. The van der Waals surface area contributed by atoms with E-state index in [9.17, 15) is 4.79 Å². The third kappa shape index (κ3) is 3.80. The zero-order chi connectivity index (χ0) is 19.7. The molecule has 0 saturated carbocycles. The Hall–Kier alpha value is -2.30. The number of nitrogens with zero attached hydrogens (tertiary/aromatic N) is 3. The van der Waals surface area contributed by atoms with Crippen molar-refractivity contribution in [3.05, 3.63) is 87.2 Å². The van der Waals surface area contributed by atoms with Gasteiger partial charge in [0.05, 0.1) is 6.20 Å². The van der Waals surface area contributed by atoms with Gasteiger partial charge in [-0.1, -0.05) is 53.5 Å². The Kier molecular flexibility index (Phi) is 5.42. The number of rotatable bonds is 4. The number of hydrogen-bond acceptors (Lipinski definition) is 2. The van der Waals surface area contributed by atoms with Gasteiger partial charge in [-0.25, -0.2) is 0 Å². The molecule has 0 unspecified atom stereocenters. The highest BCUT2D eigenvalue weighted by Crippen LogP contribution is 2.34. The van der Waals surface area contributed by atoms with Crippen LogP contribution in [0.2, 0.25) is 10.0 Å². The Morgan fingerprint density at radius 2 is 1.89 bits per heavy atom. The van der Waals surface area contributed by atoms with E-state index >= 15 is 0 Å². The third-order valence-corrected chi connectivity index (χ3v) is 6.03. The van der Waals surface area contributed by atoms with Crippen molar-refractivity contribution in [2.75, 3.05) is 6.54 Å². The first kappa shape index (κ1) is 19.0. The van der Waals surface area contributed by atoms with Crippen molar-refractivity contribution in [3.8, 4) is 0 Å². The van der Waals surface area contributed by atoms with Crippen molar-refractivity contribution >= 4 is 29.1 Å². The molecule has 0 bridgehead atoms. The van der Waals surface area contributed by atoms with E-state index in [0.717, 1.165) is 11.1 Å². The van der Waals surface area contributed by atoms with Crippen molar-refractivity contribution in [1.29, 1.82) is 0 Å². The molecule has 0 N–H and O–H groups in total. The minimum atomic E-state index is 0.111. The Morgan fingerprint density at radius 3 is 2.61 bits per heavy atom. The van der Waals surface area contributed by atoms with Gasteiger partial charge in [-0.15, -0.1) is 0 Å². The van der Waals surface area contributed by atoms with Crippen LogP contribution in [-0.4, -0.2) is 27.1 Å². The maximum Gasteiger partial charge on any atom is 0.223 e. The van der Waals surface area contributed by atoms with Crippen molar-refractivity contribution in [2.45, 2.75) is 25.3 Å². The summed E-state index contributed by atoms with van der Waals surface area (Å²) in [5.41, 5.74) is 4.42. The van der Waals surface area contributed by atoms with Crippen LogP contribution in [0.25, 0.3) is 0 Å². The summed E-state index contributed by atoms with van der Waals surface area (Å²) in [5.74, 6) is 0.242. The lowest BCUT2D eigenvalue weighted by atomic mass is 9.86. The van der Waals surface area contributed by atoms with Crippen LogP contribution >= 0.6 is 23.2 Å². The van der Waals surface area contributed by atoms with Crippen LogP contribution in [0.15, 0.2) is 54.9 Å². The van der Waals surface area contributed by atoms with E-state index in [1.54, 1.807) is 4.68 Å². The molecule has 0 radical (unpaired) electrons. The number of fused-ring (bicyclic) bond motifs is 1. The highest BCUT2D eigenvalue weighted by atomic mass is 35.5. The zero-order valence-electron chi connectivity index (χ0n) is 15.6. The molecule has 1 atom stereocenters. The molecule has 0 saturated heterocycles. The summed E-state index contributed by atoms with van der Waals surface area (Å²) in [6, 6.07) is 13.8. The molecule has 1 aromatic heterocycles. The van der Waals surface area contributed by atoms with Crippen LogP contribution in [0.4, 0.5) is 0 Å². The number of carbonyl (C=O) groups is 1. The van der Waals surface area contributed by atoms with E-state index in [-0.39, 0.29) is 11.8 Å². The second kappa shape index (κ2) is 7.98. The van der Waals surface area contributed by atoms with Crippen LogP contribution in [-0.2, 0) is 24.8 Å². The molecule has 0 aliphatic carbocycles. The first-order valence-corrected chi connectivity index (χ1v) is 10.1. The van der Waals surface area contributed by atoms with E-state index in [1.807, 2.05) is 48.6 Å². The molecule has 4 rings (SSSR count). The lowest BCUT2D eigenvalue weighted by Gasteiger charge is -2.34. The maximum atomic E-state index is 13.0. The molecular weight excluding hydrogens is 393 g/mol. The van der Waals surface area contributed by atoms with Gasteiger partial charge in [0.2, 0.25) is 5.91 Å². The normalized spacial score (nSPS) is 16.1. The highest BCUT2D eigenvalue weighted by molar-refractivity contribution is 6.36. The van der Waals surface area contributed by atoms with Crippen LogP contribution in [0.5, 0.6) is 0 Å². The minimum Gasteiger partial charge on any atom is -0.337 e. The predicted octanol–water partition coefficient (Wildman–Crippen LogP) is 4.83. The summed E-state index contributed by atoms with van der Waals surface area (Å²) in [5, 5.41) is 5.53. The molecule has 1 aliphatic rings. The summed E-state index contributed by atoms with van der Waals surface area (Å²) in [7, 11) is 1.91. The second-order valence-corrected chi connectivity index (χ2v) is 7.99. The molecule has 6 heteroatoms. The number of halogens is 2. The minimum absolute atomic E-state index is 0.111. The fraction of sp³-hybridized carbons (Fsp3) is 0.273. The summed E-state index contributed by atoms with van der Waals surface area (Å²) < 4.78 is 1.80. The van der Waals surface area contributed by atoms with Crippen LogP contribution in [0.1, 0.15) is 34.6 Å². The molecule has 0 fully saturated rings. The molecular formula is C22H21Cl2N3O. The largest absolute Gasteiger partial charge is 0.337 e. The summed E-state index contributed by atoms with van der Waals surface area (Å²) in [6.45, 7) is 1.28. The summed E-state index contributed by atoms with van der Waals surface area (Å²) in [4.78, 5) is 14.9. The Labute approximate surface area is 174 Å². The number of aromatic nitrogens is 2. The molecule has 2 aromatic carbocycles. The van der Waals surface area contributed by atoms with Gasteiger partial charge in [-0.3, -0.25) is 9.48 Å². The predicted molar refractivity (Wildman–Crippen MR) is 112 cm³/mol. The molecule has 2 heterocycles. The van der Waals surface area contributed by atoms with Crippen LogP contribution in [0.3, 0.4) is 0 Å². The van der Waals surface area contributed by atoms with Gasteiger partial charge in [0, 0.05) is 48.7 Å². The average molecular weight is 414 g/mol. The standard InChI is InChI=1S/C22H21Cl2N3O/c1-26-12-16(11-25-26)19-14-27(13-15-5-2-3-6-17(15)19)22(28)10-9-18-20(23)7-4-8-21(18)24/h2-8,11-12,19H,9-10,13-14H2,1H3/t19-/m0/s1. The molecule has 4 nitrogen and oxygen atoms in total. The lowest BCUT2D eigenvalue weighted by Crippen LogP contribution is -2.38. The first-order valence-electron chi connectivity index (χ1n) is 9.30. The Balaban J connectivity index is 1.54. The maximum absolute atomic E-state index is 13.0. The molecule has 1 aliphatic heterocycles. The van der Waals surface area contributed by atoms with Crippen molar-refractivity contribution in [3.63, 3.8) is 0 Å². The Bertz CT molecular complexity index is 994.